The second kappa shape index (κ2) is 5.94. The van der Waals surface area contributed by atoms with Crippen molar-refractivity contribution in [3.8, 4) is 0 Å². The molecule has 0 aromatic carbocycles. The summed E-state index contributed by atoms with van der Waals surface area (Å²) >= 11 is 1.80. The monoisotopic (exact) mass is 287 g/mol. The van der Waals surface area contributed by atoms with Crippen LogP contribution in [0.15, 0.2) is 23.6 Å². The van der Waals surface area contributed by atoms with Crippen LogP contribution in [0.4, 0.5) is 5.82 Å². The molecule has 3 rings (SSSR count). The zero-order valence-electron chi connectivity index (χ0n) is 11.9. The lowest BCUT2D eigenvalue weighted by Gasteiger charge is -2.24. The van der Waals surface area contributed by atoms with Crippen molar-refractivity contribution >= 4 is 17.2 Å². The number of pyridine rings is 1. The summed E-state index contributed by atoms with van der Waals surface area (Å²) in [6, 6.07) is 6.57. The summed E-state index contributed by atoms with van der Waals surface area (Å²) in [6.45, 7) is 4.63. The van der Waals surface area contributed by atoms with Gasteiger partial charge in [-0.2, -0.15) is 0 Å². The molecule has 0 radical (unpaired) electrons. The van der Waals surface area contributed by atoms with Crippen LogP contribution in [-0.4, -0.2) is 11.5 Å². The molecule has 0 bridgehead atoms. The van der Waals surface area contributed by atoms with E-state index in [-0.39, 0.29) is 0 Å². The molecule has 0 unspecified atom stereocenters. The first kappa shape index (κ1) is 13.6. The largest absolute Gasteiger partial charge is 0.351 e. The molecule has 2 N–H and O–H groups in total. The van der Waals surface area contributed by atoms with E-state index in [0.717, 1.165) is 31.7 Å². The van der Waals surface area contributed by atoms with Crippen LogP contribution < -0.4 is 10.6 Å². The van der Waals surface area contributed by atoms with E-state index < -0.39 is 0 Å². The Morgan fingerprint density at radius 3 is 3.00 bits per heavy atom. The third-order valence-electron chi connectivity index (χ3n) is 3.93. The molecule has 0 saturated heterocycles. The molecule has 20 heavy (non-hydrogen) atoms. The van der Waals surface area contributed by atoms with Crippen LogP contribution in [0.25, 0.3) is 0 Å². The van der Waals surface area contributed by atoms with Gasteiger partial charge in [0.1, 0.15) is 5.82 Å². The minimum Gasteiger partial charge on any atom is -0.351 e. The highest BCUT2D eigenvalue weighted by Crippen LogP contribution is 2.28. The molecule has 1 aliphatic rings. The summed E-state index contributed by atoms with van der Waals surface area (Å²) in [7, 11) is 0. The molecular formula is C16H21N3S. The minimum atomic E-state index is 0.566. The number of hydrogen-bond donors (Lipinski definition) is 1. The lowest BCUT2D eigenvalue weighted by molar-refractivity contribution is 0.802. The summed E-state index contributed by atoms with van der Waals surface area (Å²) in [5.41, 5.74) is 9.81. The molecule has 106 valence electrons. The van der Waals surface area contributed by atoms with Gasteiger partial charge in [-0.15, -0.1) is 11.3 Å². The maximum Gasteiger partial charge on any atom is 0.133 e. The quantitative estimate of drug-likeness (QED) is 0.918. The first-order chi connectivity index (χ1) is 9.81. The van der Waals surface area contributed by atoms with E-state index in [4.69, 9.17) is 10.7 Å². The summed E-state index contributed by atoms with van der Waals surface area (Å²) in [4.78, 5) is 8.64. The van der Waals surface area contributed by atoms with E-state index in [9.17, 15) is 0 Å². The van der Waals surface area contributed by atoms with Crippen LogP contribution in [0, 0.1) is 0 Å². The Bertz CT molecular complexity index is 578. The highest BCUT2D eigenvalue weighted by atomic mass is 32.1. The predicted molar refractivity (Wildman–Crippen MR) is 85.2 cm³/mol. The fraction of sp³-hybridized carbons (Fsp3) is 0.438. The summed E-state index contributed by atoms with van der Waals surface area (Å²) in [5, 5.41) is 2.13. The first-order valence-electron chi connectivity index (χ1n) is 7.31. The van der Waals surface area contributed by atoms with Gasteiger partial charge >= 0.3 is 0 Å². The molecule has 0 atom stereocenters. The number of anilines is 1. The molecular weight excluding hydrogens is 266 g/mol. The van der Waals surface area contributed by atoms with Crippen molar-refractivity contribution in [1.29, 1.82) is 0 Å². The fourth-order valence-electron chi connectivity index (χ4n) is 2.86. The van der Waals surface area contributed by atoms with Gasteiger partial charge in [-0.05, 0) is 49.3 Å². The van der Waals surface area contributed by atoms with Crippen LogP contribution in [0.3, 0.4) is 0 Å². The van der Waals surface area contributed by atoms with Crippen LogP contribution in [0.5, 0.6) is 0 Å². The van der Waals surface area contributed by atoms with Gasteiger partial charge < -0.3 is 10.6 Å². The number of fused-ring (bicyclic) bond motifs is 1. The van der Waals surface area contributed by atoms with Crippen molar-refractivity contribution in [1.82, 2.24) is 4.98 Å². The number of aryl methyl sites for hydroxylation is 2. The average molecular weight is 287 g/mol. The Hall–Kier alpha value is -1.39. The molecule has 1 aliphatic carbocycles. The Balaban J connectivity index is 1.94. The summed E-state index contributed by atoms with van der Waals surface area (Å²) < 4.78 is 0. The van der Waals surface area contributed by atoms with Crippen molar-refractivity contribution in [3.05, 3.63) is 45.3 Å². The SMILES string of the molecule is CCN(Cc1cccs1)c1nc2c(cc1CN)CCC2. The van der Waals surface area contributed by atoms with Crippen LogP contribution >= 0.6 is 11.3 Å². The smallest absolute Gasteiger partial charge is 0.133 e. The maximum absolute atomic E-state index is 5.95. The first-order valence-corrected chi connectivity index (χ1v) is 8.19. The summed E-state index contributed by atoms with van der Waals surface area (Å²) in [5.74, 6) is 1.09. The molecule has 2 aromatic heterocycles. The van der Waals surface area contributed by atoms with Crippen molar-refractivity contribution in [2.75, 3.05) is 11.4 Å². The molecule has 0 saturated carbocycles. The molecule has 0 fully saturated rings. The number of aromatic nitrogens is 1. The Morgan fingerprint density at radius 1 is 1.40 bits per heavy atom. The molecule has 0 aliphatic heterocycles. The van der Waals surface area contributed by atoms with E-state index in [2.05, 4.69) is 35.4 Å². The van der Waals surface area contributed by atoms with E-state index in [1.165, 1.54) is 28.1 Å². The van der Waals surface area contributed by atoms with Crippen LogP contribution in [-0.2, 0) is 25.9 Å². The van der Waals surface area contributed by atoms with Crippen LogP contribution in [0.1, 0.15) is 35.0 Å². The lowest BCUT2D eigenvalue weighted by Crippen LogP contribution is -2.25. The van der Waals surface area contributed by atoms with E-state index in [1.807, 2.05) is 0 Å². The van der Waals surface area contributed by atoms with Gasteiger partial charge in [0.15, 0.2) is 0 Å². The molecule has 2 aromatic rings. The molecule has 0 amide bonds. The zero-order chi connectivity index (χ0) is 13.9. The van der Waals surface area contributed by atoms with Crippen molar-refractivity contribution in [3.63, 3.8) is 0 Å². The van der Waals surface area contributed by atoms with Gasteiger partial charge in [-0.3, -0.25) is 0 Å². The topological polar surface area (TPSA) is 42.2 Å². The van der Waals surface area contributed by atoms with Crippen LogP contribution in [0.2, 0.25) is 0 Å². The number of rotatable bonds is 5. The van der Waals surface area contributed by atoms with Gasteiger partial charge in [0.25, 0.3) is 0 Å². The molecule has 3 nitrogen and oxygen atoms in total. The number of hydrogen-bond acceptors (Lipinski definition) is 4. The van der Waals surface area contributed by atoms with Crippen molar-refractivity contribution in [2.45, 2.75) is 39.3 Å². The van der Waals surface area contributed by atoms with E-state index in [1.54, 1.807) is 11.3 Å². The maximum atomic E-state index is 5.95. The third kappa shape index (κ3) is 2.58. The number of nitrogens with two attached hydrogens (primary N) is 1. The van der Waals surface area contributed by atoms with Gasteiger partial charge in [-0.25, -0.2) is 4.98 Å². The van der Waals surface area contributed by atoms with Gasteiger partial charge in [0.05, 0.1) is 6.54 Å². The molecule has 2 heterocycles. The average Bonchev–Trinajstić information content (AvgIpc) is 3.14. The van der Waals surface area contributed by atoms with Gasteiger partial charge in [-0.1, -0.05) is 6.07 Å². The second-order valence-electron chi connectivity index (χ2n) is 5.23. The lowest BCUT2D eigenvalue weighted by atomic mass is 10.1. The third-order valence-corrected chi connectivity index (χ3v) is 4.80. The minimum absolute atomic E-state index is 0.566. The Kier molecular flexibility index (Phi) is 4.03. The second-order valence-corrected chi connectivity index (χ2v) is 6.26. The molecule has 0 spiro atoms. The predicted octanol–water partition coefficient (Wildman–Crippen LogP) is 3.12. The standard InChI is InChI=1S/C16H21N3S/c1-2-19(11-14-6-4-8-20-14)16-13(10-17)9-12-5-3-7-15(12)18-16/h4,6,8-9H,2-3,5,7,10-11,17H2,1H3. The van der Waals surface area contributed by atoms with E-state index in [0.29, 0.717) is 6.54 Å². The molecule has 4 heteroatoms. The zero-order valence-corrected chi connectivity index (χ0v) is 12.7. The van der Waals surface area contributed by atoms with Crippen molar-refractivity contribution < 1.29 is 0 Å². The number of thiophene rings is 1. The Morgan fingerprint density at radius 2 is 2.30 bits per heavy atom. The Labute approximate surface area is 124 Å². The number of nitrogens with zero attached hydrogens (tertiary/aromatic N) is 2. The van der Waals surface area contributed by atoms with Crippen molar-refractivity contribution in [2.24, 2.45) is 5.73 Å². The van der Waals surface area contributed by atoms with Gasteiger partial charge in [0.2, 0.25) is 0 Å². The normalized spacial score (nSPS) is 13.5. The summed E-state index contributed by atoms with van der Waals surface area (Å²) in [6.07, 6.45) is 3.50. The van der Waals surface area contributed by atoms with E-state index >= 15 is 0 Å². The fourth-order valence-corrected chi connectivity index (χ4v) is 3.58. The van der Waals surface area contributed by atoms with Gasteiger partial charge in [0, 0.05) is 29.2 Å². The highest BCUT2D eigenvalue weighted by Gasteiger charge is 2.19. The highest BCUT2D eigenvalue weighted by molar-refractivity contribution is 7.09.